The Morgan fingerprint density at radius 3 is 2.03 bits per heavy atom. The van der Waals surface area contributed by atoms with Gasteiger partial charge < -0.3 is 31.7 Å². The lowest BCUT2D eigenvalue weighted by molar-refractivity contribution is -0.134. The molecule has 0 unspecified atom stereocenters. The highest BCUT2D eigenvalue weighted by molar-refractivity contribution is 5.96. The van der Waals surface area contributed by atoms with Gasteiger partial charge in [0.25, 0.3) is 0 Å². The lowest BCUT2D eigenvalue weighted by atomic mass is 10.0. The van der Waals surface area contributed by atoms with Crippen LogP contribution in [0.4, 0.5) is 0 Å². The average molecular weight is 462 g/mol. The predicted octanol–water partition coefficient (Wildman–Crippen LogP) is -2.03. The molecule has 33 heavy (non-hydrogen) atoms. The molecule has 0 saturated carbocycles. The van der Waals surface area contributed by atoms with Crippen molar-refractivity contribution in [3.63, 3.8) is 0 Å². The van der Waals surface area contributed by atoms with Crippen LogP contribution in [0, 0.1) is 5.92 Å². The monoisotopic (exact) mass is 461 g/mol. The van der Waals surface area contributed by atoms with Crippen molar-refractivity contribution in [2.45, 2.75) is 44.8 Å². The van der Waals surface area contributed by atoms with Crippen LogP contribution >= 0.6 is 0 Å². The topological polar surface area (TPSA) is 166 Å². The standard InChI is InChI=1S/C22H31N5O6/c1-13(2)8-15-21(32)27-16(9-14-6-4-3-5-7-14)20(31)24-10-18(29)23-11-19(30)25-17(12-28)22(33)26-15/h3-7,13,15-17,28H,8-12H2,1-2H3,(H,23,29)(H,24,31)(H,25,30)(H,26,33)(H,27,32)/t15-,16-,17-/m0/s1. The van der Waals surface area contributed by atoms with Crippen LogP contribution in [0.25, 0.3) is 0 Å². The first kappa shape index (κ1) is 25.8. The molecule has 1 aliphatic heterocycles. The number of carbonyl (C=O) groups excluding carboxylic acids is 5. The lowest BCUT2D eigenvalue weighted by Gasteiger charge is -2.25. The number of aliphatic hydroxyl groups excluding tert-OH is 1. The summed E-state index contributed by atoms with van der Waals surface area (Å²) in [7, 11) is 0. The Morgan fingerprint density at radius 2 is 1.39 bits per heavy atom. The van der Waals surface area contributed by atoms with E-state index in [1.54, 1.807) is 24.3 Å². The fraction of sp³-hybridized carbons (Fsp3) is 0.500. The average Bonchev–Trinajstić information content (AvgIpc) is 2.78. The molecule has 0 aromatic heterocycles. The van der Waals surface area contributed by atoms with Crippen molar-refractivity contribution >= 4 is 29.5 Å². The van der Waals surface area contributed by atoms with Gasteiger partial charge in [0.05, 0.1) is 19.7 Å². The molecule has 1 aliphatic rings. The molecule has 1 saturated heterocycles. The summed E-state index contributed by atoms with van der Waals surface area (Å²) in [6.45, 7) is 2.19. The van der Waals surface area contributed by atoms with Crippen LogP contribution in [-0.4, -0.2) is 72.5 Å². The minimum absolute atomic E-state index is 0.0218. The number of rotatable bonds is 5. The maximum absolute atomic E-state index is 13.1. The SMILES string of the molecule is CC(C)C[C@@H]1NC(=O)[C@H](CO)NC(=O)CNC(=O)CNC(=O)[C@H](Cc2ccccc2)NC1=O. The third-order valence-electron chi connectivity index (χ3n) is 4.96. The predicted molar refractivity (Wildman–Crippen MR) is 118 cm³/mol. The minimum Gasteiger partial charge on any atom is -0.394 e. The molecule has 2 rings (SSSR count). The number of nitrogens with one attached hydrogen (secondary N) is 5. The van der Waals surface area contributed by atoms with Gasteiger partial charge in [-0.1, -0.05) is 44.2 Å². The van der Waals surface area contributed by atoms with Gasteiger partial charge in [0.1, 0.15) is 18.1 Å². The van der Waals surface area contributed by atoms with Crippen molar-refractivity contribution in [3.05, 3.63) is 35.9 Å². The van der Waals surface area contributed by atoms with Gasteiger partial charge in [-0.3, -0.25) is 24.0 Å². The Hall–Kier alpha value is -3.47. The van der Waals surface area contributed by atoms with Crippen LogP contribution in [0.1, 0.15) is 25.8 Å². The van der Waals surface area contributed by atoms with Crippen molar-refractivity contribution in [2.24, 2.45) is 5.92 Å². The van der Waals surface area contributed by atoms with Crippen LogP contribution < -0.4 is 26.6 Å². The van der Waals surface area contributed by atoms with E-state index in [0.717, 1.165) is 5.56 Å². The van der Waals surface area contributed by atoms with Crippen molar-refractivity contribution in [1.29, 1.82) is 0 Å². The molecule has 180 valence electrons. The third-order valence-corrected chi connectivity index (χ3v) is 4.96. The van der Waals surface area contributed by atoms with Crippen LogP contribution in [0.3, 0.4) is 0 Å². The van der Waals surface area contributed by atoms with Gasteiger partial charge in [0.15, 0.2) is 0 Å². The zero-order valence-corrected chi connectivity index (χ0v) is 18.7. The van der Waals surface area contributed by atoms with Crippen molar-refractivity contribution < 1.29 is 29.1 Å². The van der Waals surface area contributed by atoms with Crippen molar-refractivity contribution in [1.82, 2.24) is 26.6 Å². The second-order valence-electron chi connectivity index (χ2n) is 8.24. The van der Waals surface area contributed by atoms with E-state index in [0.29, 0.717) is 0 Å². The molecule has 0 aliphatic carbocycles. The second kappa shape index (κ2) is 12.5. The molecule has 0 spiro atoms. The number of hydrogen-bond acceptors (Lipinski definition) is 6. The molecule has 6 N–H and O–H groups in total. The number of aliphatic hydroxyl groups is 1. The molecular formula is C22H31N5O6. The summed E-state index contributed by atoms with van der Waals surface area (Å²) in [5.74, 6) is -3.23. The Kier molecular flexibility index (Phi) is 9.80. The summed E-state index contributed by atoms with van der Waals surface area (Å²) < 4.78 is 0. The minimum atomic E-state index is -1.30. The molecule has 1 aromatic rings. The number of carbonyl (C=O) groups is 5. The van der Waals surface area contributed by atoms with Crippen LogP contribution in [0.15, 0.2) is 30.3 Å². The molecular weight excluding hydrogens is 430 g/mol. The van der Waals surface area contributed by atoms with Crippen molar-refractivity contribution in [2.75, 3.05) is 19.7 Å². The molecule has 1 heterocycles. The van der Waals surface area contributed by atoms with Gasteiger partial charge >= 0.3 is 0 Å². The first-order chi connectivity index (χ1) is 15.7. The maximum Gasteiger partial charge on any atom is 0.245 e. The summed E-state index contributed by atoms with van der Waals surface area (Å²) >= 11 is 0. The summed E-state index contributed by atoms with van der Waals surface area (Å²) in [6.07, 6.45) is 0.436. The first-order valence-corrected chi connectivity index (χ1v) is 10.8. The summed E-state index contributed by atoms with van der Waals surface area (Å²) in [4.78, 5) is 62.5. The van der Waals surface area contributed by atoms with Gasteiger partial charge in [0.2, 0.25) is 29.5 Å². The zero-order valence-electron chi connectivity index (χ0n) is 18.7. The smallest absolute Gasteiger partial charge is 0.245 e. The highest BCUT2D eigenvalue weighted by Gasteiger charge is 2.30. The number of amides is 5. The van der Waals surface area contributed by atoms with E-state index in [4.69, 9.17) is 0 Å². The second-order valence-corrected chi connectivity index (χ2v) is 8.24. The summed E-state index contributed by atoms with van der Waals surface area (Å²) in [6, 6.07) is 5.73. The highest BCUT2D eigenvalue weighted by Crippen LogP contribution is 2.08. The molecule has 1 aromatic carbocycles. The van der Waals surface area contributed by atoms with E-state index < -0.39 is 67.4 Å². The molecule has 0 bridgehead atoms. The summed E-state index contributed by atoms with van der Waals surface area (Å²) in [5.41, 5.74) is 0.792. The Morgan fingerprint density at radius 1 is 0.788 bits per heavy atom. The molecule has 11 heteroatoms. The van der Waals surface area contributed by atoms with E-state index in [1.807, 2.05) is 19.9 Å². The molecule has 3 atom stereocenters. The Labute approximate surface area is 192 Å². The molecule has 0 radical (unpaired) electrons. The largest absolute Gasteiger partial charge is 0.394 e. The Balaban J connectivity index is 2.31. The fourth-order valence-corrected chi connectivity index (χ4v) is 3.28. The zero-order chi connectivity index (χ0) is 24.4. The van der Waals surface area contributed by atoms with E-state index in [9.17, 15) is 29.1 Å². The van der Waals surface area contributed by atoms with Gasteiger partial charge in [-0.2, -0.15) is 0 Å². The quantitative estimate of drug-likeness (QED) is 0.296. The van der Waals surface area contributed by atoms with Gasteiger partial charge in [-0.15, -0.1) is 0 Å². The van der Waals surface area contributed by atoms with E-state index in [-0.39, 0.29) is 18.8 Å². The number of hydrogen-bond donors (Lipinski definition) is 6. The fourth-order valence-electron chi connectivity index (χ4n) is 3.28. The van der Waals surface area contributed by atoms with Gasteiger partial charge in [-0.25, -0.2) is 0 Å². The third kappa shape index (κ3) is 8.53. The first-order valence-electron chi connectivity index (χ1n) is 10.8. The van der Waals surface area contributed by atoms with Gasteiger partial charge in [0, 0.05) is 6.42 Å². The van der Waals surface area contributed by atoms with Crippen LogP contribution in [-0.2, 0) is 30.4 Å². The van der Waals surface area contributed by atoms with E-state index >= 15 is 0 Å². The van der Waals surface area contributed by atoms with E-state index in [1.165, 1.54) is 0 Å². The molecule has 11 nitrogen and oxygen atoms in total. The lowest BCUT2D eigenvalue weighted by Crippen LogP contribution is -2.58. The molecule has 5 amide bonds. The van der Waals surface area contributed by atoms with Crippen molar-refractivity contribution in [3.8, 4) is 0 Å². The number of benzene rings is 1. The highest BCUT2D eigenvalue weighted by atomic mass is 16.3. The van der Waals surface area contributed by atoms with Crippen LogP contribution in [0.5, 0.6) is 0 Å². The van der Waals surface area contributed by atoms with E-state index in [2.05, 4.69) is 26.6 Å². The normalized spacial score (nSPS) is 23.4. The summed E-state index contributed by atoms with van der Waals surface area (Å²) in [5, 5.41) is 21.9. The maximum atomic E-state index is 13.1. The molecule has 1 fully saturated rings. The van der Waals surface area contributed by atoms with Gasteiger partial charge in [-0.05, 0) is 17.9 Å². The Bertz CT molecular complexity index is 860. The van der Waals surface area contributed by atoms with Crippen LogP contribution in [0.2, 0.25) is 0 Å².